The van der Waals surface area contributed by atoms with Crippen LogP contribution in [-0.2, 0) is 10.2 Å². The number of hydrogen-bond donors (Lipinski definition) is 3. The summed E-state index contributed by atoms with van der Waals surface area (Å²) >= 11 is 0. The van der Waals surface area contributed by atoms with Crippen LogP contribution in [0.2, 0.25) is 0 Å². The number of phenols is 1. The molecule has 0 amide bonds. The summed E-state index contributed by atoms with van der Waals surface area (Å²) in [6.45, 7) is 7.78. The van der Waals surface area contributed by atoms with Gasteiger partial charge in [-0.05, 0) is 37.8 Å². The molecule has 0 spiro atoms. The van der Waals surface area contributed by atoms with Gasteiger partial charge in [0.25, 0.3) is 0 Å². The average molecular weight is 330 g/mol. The van der Waals surface area contributed by atoms with Crippen LogP contribution in [0.1, 0.15) is 51.5 Å². The summed E-state index contributed by atoms with van der Waals surface area (Å²) < 4.78 is 0. The Kier molecular flexibility index (Phi) is 5.19. The topological polar surface area (TPSA) is 77.8 Å². The molecule has 4 heteroatoms. The van der Waals surface area contributed by atoms with Crippen LogP contribution in [0, 0.1) is 0 Å². The van der Waals surface area contributed by atoms with E-state index in [1.54, 1.807) is 37.3 Å². The Morgan fingerprint density at radius 1 is 1.33 bits per heavy atom. The second-order valence-electron chi connectivity index (χ2n) is 6.71. The number of phenolic OH excluding ortho intramolecular Hbond substituents is 1. The van der Waals surface area contributed by atoms with Crippen molar-refractivity contribution in [3.8, 4) is 5.75 Å². The molecule has 0 saturated carbocycles. The number of carboxylic acids is 1. The smallest absolute Gasteiger partial charge is 0.331 e. The van der Waals surface area contributed by atoms with E-state index in [0.29, 0.717) is 17.6 Å². The van der Waals surface area contributed by atoms with Gasteiger partial charge in [-0.3, -0.25) is 0 Å². The van der Waals surface area contributed by atoms with Gasteiger partial charge >= 0.3 is 5.97 Å². The minimum Gasteiger partial charge on any atom is -0.508 e. The molecule has 2 atom stereocenters. The number of aromatic hydroxyl groups is 1. The van der Waals surface area contributed by atoms with Crippen LogP contribution in [0.3, 0.4) is 0 Å². The van der Waals surface area contributed by atoms with Crippen molar-refractivity contribution >= 4 is 5.97 Å². The molecule has 0 aromatic heterocycles. The van der Waals surface area contributed by atoms with E-state index in [0.717, 1.165) is 12.8 Å². The molecule has 1 aromatic carbocycles. The van der Waals surface area contributed by atoms with Gasteiger partial charge in [-0.15, -0.1) is 0 Å². The van der Waals surface area contributed by atoms with E-state index in [4.69, 9.17) is 0 Å². The molecule has 1 aliphatic carbocycles. The van der Waals surface area contributed by atoms with Crippen molar-refractivity contribution in [2.24, 2.45) is 0 Å². The van der Waals surface area contributed by atoms with Crippen molar-refractivity contribution in [1.82, 2.24) is 0 Å². The maximum Gasteiger partial charge on any atom is 0.331 e. The molecule has 4 nitrogen and oxygen atoms in total. The Balaban J connectivity index is 2.78. The molecular weight excluding hydrogens is 304 g/mol. The monoisotopic (exact) mass is 330 g/mol. The van der Waals surface area contributed by atoms with Gasteiger partial charge in [0.15, 0.2) is 0 Å². The molecule has 1 aliphatic rings. The second kappa shape index (κ2) is 6.81. The lowest BCUT2D eigenvalue weighted by molar-refractivity contribution is -0.133. The molecule has 2 rings (SSSR count). The van der Waals surface area contributed by atoms with Crippen molar-refractivity contribution < 1.29 is 20.1 Å². The van der Waals surface area contributed by atoms with E-state index in [9.17, 15) is 20.1 Å². The third-order valence-electron chi connectivity index (χ3n) is 5.20. The van der Waals surface area contributed by atoms with Crippen LogP contribution >= 0.6 is 0 Å². The van der Waals surface area contributed by atoms with Crippen LogP contribution in [0.25, 0.3) is 0 Å². The Morgan fingerprint density at radius 2 is 2.00 bits per heavy atom. The summed E-state index contributed by atoms with van der Waals surface area (Å²) in [6, 6.07) is 6.85. The lowest BCUT2D eigenvalue weighted by Crippen LogP contribution is -2.53. The molecule has 0 fully saturated rings. The summed E-state index contributed by atoms with van der Waals surface area (Å²) in [5.74, 6) is -0.911. The number of para-hydroxylation sites is 1. The van der Waals surface area contributed by atoms with Gasteiger partial charge in [0.05, 0.1) is 11.0 Å². The van der Waals surface area contributed by atoms with E-state index in [2.05, 4.69) is 6.58 Å². The molecule has 0 aliphatic heterocycles. The predicted octanol–water partition coefficient (Wildman–Crippen LogP) is 3.93. The Bertz CT molecular complexity index is 676. The van der Waals surface area contributed by atoms with Crippen LogP contribution in [-0.4, -0.2) is 26.9 Å². The summed E-state index contributed by atoms with van der Waals surface area (Å²) in [5, 5.41) is 31.4. The van der Waals surface area contributed by atoms with Crippen molar-refractivity contribution in [2.75, 3.05) is 0 Å². The zero-order valence-electron chi connectivity index (χ0n) is 14.4. The first-order valence-corrected chi connectivity index (χ1v) is 8.40. The average Bonchev–Trinajstić information content (AvgIpc) is 2.54. The van der Waals surface area contributed by atoms with Gasteiger partial charge in [0.2, 0.25) is 0 Å². The van der Waals surface area contributed by atoms with Gasteiger partial charge in [-0.2, -0.15) is 0 Å². The van der Waals surface area contributed by atoms with Gasteiger partial charge < -0.3 is 15.3 Å². The maximum atomic E-state index is 11.6. The SMILES string of the molecule is C=C(C)C1(O)CCC(C(=O)O)=CC1(CCCC)c1ccccc1O. The van der Waals surface area contributed by atoms with Crippen molar-refractivity contribution in [2.45, 2.75) is 57.0 Å². The van der Waals surface area contributed by atoms with Crippen LogP contribution in [0.15, 0.2) is 48.1 Å². The Hall–Kier alpha value is -2.07. The van der Waals surface area contributed by atoms with Crippen LogP contribution in [0.5, 0.6) is 5.75 Å². The fraction of sp³-hybridized carbons (Fsp3) is 0.450. The van der Waals surface area contributed by atoms with Crippen molar-refractivity contribution in [3.05, 3.63) is 53.6 Å². The molecule has 1 aromatic rings. The summed E-state index contributed by atoms with van der Waals surface area (Å²) in [6.07, 6.45) is 4.45. The maximum absolute atomic E-state index is 11.6. The fourth-order valence-electron chi connectivity index (χ4n) is 3.81. The minimum absolute atomic E-state index is 0.0659. The summed E-state index contributed by atoms with van der Waals surface area (Å²) in [5.41, 5.74) is -0.864. The fourth-order valence-corrected chi connectivity index (χ4v) is 3.81. The first-order valence-electron chi connectivity index (χ1n) is 8.40. The highest BCUT2D eigenvalue weighted by Crippen LogP contribution is 2.53. The molecular formula is C20H26O4. The molecule has 3 N–H and O–H groups in total. The number of hydrogen-bond acceptors (Lipinski definition) is 3. The zero-order chi connectivity index (χ0) is 18.0. The second-order valence-corrected chi connectivity index (χ2v) is 6.71. The standard InChI is InChI=1S/C20H26O4/c1-4-5-11-19(16-8-6-7-9-17(16)21)13-15(18(22)23)10-12-20(19,24)14(2)3/h6-9,13,21,24H,2,4-5,10-12H2,1,3H3,(H,22,23). The van der Waals surface area contributed by atoms with E-state index in [1.165, 1.54) is 0 Å². The van der Waals surface area contributed by atoms with Gasteiger partial charge in [-0.25, -0.2) is 4.79 Å². The predicted molar refractivity (Wildman–Crippen MR) is 94.0 cm³/mol. The lowest BCUT2D eigenvalue weighted by atomic mass is 9.57. The normalized spacial score (nSPS) is 26.7. The van der Waals surface area contributed by atoms with E-state index >= 15 is 0 Å². The number of aliphatic carboxylic acids is 1. The molecule has 0 radical (unpaired) electrons. The number of carboxylic acid groups (broad SMARTS) is 1. The van der Waals surface area contributed by atoms with Crippen LogP contribution < -0.4 is 0 Å². The number of unbranched alkanes of at least 4 members (excludes halogenated alkanes) is 1. The van der Waals surface area contributed by atoms with E-state index < -0.39 is 17.0 Å². The van der Waals surface area contributed by atoms with Gasteiger partial charge in [0, 0.05) is 11.1 Å². The third kappa shape index (κ3) is 2.86. The Morgan fingerprint density at radius 3 is 2.54 bits per heavy atom. The molecule has 24 heavy (non-hydrogen) atoms. The third-order valence-corrected chi connectivity index (χ3v) is 5.20. The highest BCUT2D eigenvalue weighted by atomic mass is 16.4. The van der Waals surface area contributed by atoms with E-state index in [-0.39, 0.29) is 24.2 Å². The van der Waals surface area contributed by atoms with Crippen molar-refractivity contribution in [1.29, 1.82) is 0 Å². The Labute approximate surface area is 143 Å². The number of aliphatic hydroxyl groups is 1. The summed E-state index contributed by atoms with van der Waals surface area (Å²) in [4.78, 5) is 11.6. The number of carbonyl (C=O) groups is 1. The lowest BCUT2D eigenvalue weighted by Gasteiger charge is -2.50. The highest BCUT2D eigenvalue weighted by Gasteiger charge is 2.53. The number of benzene rings is 1. The molecule has 0 bridgehead atoms. The molecule has 0 saturated heterocycles. The first-order chi connectivity index (χ1) is 11.3. The largest absolute Gasteiger partial charge is 0.508 e. The van der Waals surface area contributed by atoms with Gasteiger partial charge in [0.1, 0.15) is 5.75 Å². The highest BCUT2D eigenvalue weighted by molar-refractivity contribution is 5.87. The first kappa shape index (κ1) is 18.3. The van der Waals surface area contributed by atoms with Gasteiger partial charge in [-0.1, -0.05) is 50.6 Å². The quantitative estimate of drug-likeness (QED) is 0.691. The van der Waals surface area contributed by atoms with Crippen molar-refractivity contribution in [3.63, 3.8) is 0 Å². The zero-order valence-corrected chi connectivity index (χ0v) is 14.4. The molecule has 130 valence electrons. The minimum atomic E-state index is -1.29. The van der Waals surface area contributed by atoms with Crippen LogP contribution in [0.4, 0.5) is 0 Å². The molecule has 2 unspecified atom stereocenters. The summed E-state index contributed by atoms with van der Waals surface area (Å²) in [7, 11) is 0. The van der Waals surface area contributed by atoms with E-state index in [1.807, 2.05) is 6.92 Å². The number of rotatable bonds is 6. The molecule has 0 heterocycles.